The molecule has 0 heterocycles. The molecule has 0 aliphatic carbocycles. The van der Waals surface area contributed by atoms with Crippen LogP contribution in [0.5, 0.6) is 0 Å². The van der Waals surface area contributed by atoms with E-state index in [1.165, 1.54) is 122 Å². The standard InChI is InChI=1S/C26H54O2/c1-2-3-4-5-6-7-8-9-10-11-12-14-17-20-23-26(28)24-21-18-15-13-16-19-22-25-27/h26-28H,2-25H2,1H3. The molecule has 0 aromatic rings. The normalized spacial score (nSPS) is 12.5. The molecule has 0 saturated carbocycles. The summed E-state index contributed by atoms with van der Waals surface area (Å²) in [5, 5.41) is 18.8. The summed E-state index contributed by atoms with van der Waals surface area (Å²) >= 11 is 0. The fourth-order valence-corrected chi connectivity index (χ4v) is 4.09. The zero-order valence-electron chi connectivity index (χ0n) is 19.4. The SMILES string of the molecule is CCCCCCCCCCCCCCCCC(O)CCCCCCCCCO. The first-order valence-corrected chi connectivity index (χ1v) is 13.1. The van der Waals surface area contributed by atoms with Gasteiger partial charge >= 0.3 is 0 Å². The molecule has 0 rings (SSSR count). The second kappa shape index (κ2) is 25.0. The summed E-state index contributed by atoms with van der Waals surface area (Å²) in [5.74, 6) is 0. The Morgan fingerprint density at radius 3 is 1.04 bits per heavy atom. The van der Waals surface area contributed by atoms with Gasteiger partial charge in [-0.25, -0.2) is 0 Å². The third-order valence-corrected chi connectivity index (χ3v) is 6.09. The molecule has 2 heteroatoms. The molecule has 0 aliphatic heterocycles. The monoisotopic (exact) mass is 398 g/mol. The van der Waals surface area contributed by atoms with Crippen molar-refractivity contribution in [1.29, 1.82) is 0 Å². The molecule has 0 bridgehead atoms. The topological polar surface area (TPSA) is 40.5 Å². The summed E-state index contributed by atoms with van der Waals surface area (Å²) < 4.78 is 0. The summed E-state index contributed by atoms with van der Waals surface area (Å²) in [4.78, 5) is 0. The van der Waals surface area contributed by atoms with Crippen LogP contribution in [0.3, 0.4) is 0 Å². The molecular formula is C26H54O2. The fourth-order valence-electron chi connectivity index (χ4n) is 4.09. The fraction of sp³-hybridized carbons (Fsp3) is 1.00. The maximum atomic E-state index is 10.1. The quantitative estimate of drug-likeness (QED) is 0.160. The summed E-state index contributed by atoms with van der Waals surface area (Å²) in [6.45, 7) is 2.63. The van der Waals surface area contributed by atoms with E-state index in [4.69, 9.17) is 5.11 Å². The van der Waals surface area contributed by atoms with Gasteiger partial charge in [0.2, 0.25) is 0 Å². The first-order chi connectivity index (χ1) is 13.8. The maximum Gasteiger partial charge on any atom is 0.0540 e. The molecule has 0 aromatic heterocycles. The Balaban J connectivity index is 3.11. The van der Waals surface area contributed by atoms with Crippen molar-refractivity contribution in [1.82, 2.24) is 0 Å². The van der Waals surface area contributed by atoms with Crippen molar-refractivity contribution in [3.05, 3.63) is 0 Å². The molecule has 0 radical (unpaired) electrons. The summed E-state index contributed by atoms with van der Waals surface area (Å²) in [6.07, 6.45) is 29.9. The first kappa shape index (κ1) is 27.9. The highest BCUT2D eigenvalue weighted by atomic mass is 16.3. The van der Waals surface area contributed by atoms with Crippen LogP contribution in [-0.2, 0) is 0 Å². The van der Waals surface area contributed by atoms with Gasteiger partial charge in [-0.05, 0) is 19.3 Å². The molecule has 2 nitrogen and oxygen atoms in total. The minimum absolute atomic E-state index is 0.0632. The molecule has 1 atom stereocenters. The molecule has 0 amide bonds. The third kappa shape index (κ3) is 24.0. The molecule has 170 valence electrons. The van der Waals surface area contributed by atoms with Crippen LogP contribution in [0.1, 0.15) is 155 Å². The molecule has 1 unspecified atom stereocenters. The van der Waals surface area contributed by atoms with Crippen molar-refractivity contribution >= 4 is 0 Å². The van der Waals surface area contributed by atoms with Gasteiger partial charge in [0.25, 0.3) is 0 Å². The predicted molar refractivity (Wildman–Crippen MR) is 125 cm³/mol. The van der Waals surface area contributed by atoms with E-state index in [-0.39, 0.29) is 6.10 Å². The van der Waals surface area contributed by atoms with E-state index >= 15 is 0 Å². The number of aliphatic hydroxyl groups excluding tert-OH is 2. The Labute approximate surface area is 177 Å². The molecule has 2 N–H and O–H groups in total. The molecule has 0 saturated heterocycles. The number of aliphatic hydroxyl groups is 2. The van der Waals surface area contributed by atoms with Crippen molar-refractivity contribution in [2.75, 3.05) is 6.61 Å². The Hall–Kier alpha value is -0.0800. The minimum Gasteiger partial charge on any atom is -0.396 e. The van der Waals surface area contributed by atoms with E-state index in [0.29, 0.717) is 6.61 Å². The Kier molecular flexibility index (Phi) is 24.9. The van der Waals surface area contributed by atoms with Crippen LogP contribution < -0.4 is 0 Å². The molecule has 0 aliphatic rings. The van der Waals surface area contributed by atoms with Gasteiger partial charge in [-0.1, -0.05) is 135 Å². The third-order valence-electron chi connectivity index (χ3n) is 6.09. The van der Waals surface area contributed by atoms with Crippen LogP contribution >= 0.6 is 0 Å². The predicted octanol–water partition coefficient (Wildman–Crippen LogP) is 8.33. The van der Waals surface area contributed by atoms with Gasteiger partial charge in [-0.2, -0.15) is 0 Å². The number of hydrogen-bond acceptors (Lipinski definition) is 2. The van der Waals surface area contributed by atoms with Gasteiger partial charge in [0.15, 0.2) is 0 Å². The van der Waals surface area contributed by atoms with Crippen molar-refractivity contribution in [2.24, 2.45) is 0 Å². The smallest absolute Gasteiger partial charge is 0.0540 e. The summed E-state index contributed by atoms with van der Waals surface area (Å²) in [7, 11) is 0. The van der Waals surface area contributed by atoms with E-state index in [1.807, 2.05) is 0 Å². The van der Waals surface area contributed by atoms with E-state index in [9.17, 15) is 5.11 Å². The Bertz CT molecular complexity index is 267. The number of unbranched alkanes of at least 4 members (excludes halogenated alkanes) is 19. The van der Waals surface area contributed by atoms with Crippen LogP contribution in [0, 0.1) is 0 Å². The second-order valence-corrected chi connectivity index (χ2v) is 9.03. The highest BCUT2D eigenvalue weighted by Gasteiger charge is 2.03. The van der Waals surface area contributed by atoms with Crippen molar-refractivity contribution in [3.63, 3.8) is 0 Å². The average Bonchev–Trinajstić information content (AvgIpc) is 2.70. The lowest BCUT2D eigenvalue weighted by atomic mass is 10.0. The van der Waals surface area contributed by atoms with E-state index in [2.05, 4.69) is 6.92 Å². The highest BCUT2D eigenvalue weighted by molar-refractivity contribution is 4.58. The van der Waals surface area contributed by atoms with Crippen molar-refractivity contribution in [2.45, 2.75) is 161 Å². The van der Waals surface area contributed by atoms with Gasteiger partial charge in [-0.15, -0.1) is 0 Å². The lowest BCUT2D eigenvalue weighted by molar-refractivity contribution is 0.147. The van der Waals surface area contributed by atoms with Gasteiger partial charge in [0.05, 0.1) is 6.10 Å². The van der Waals surface area contributed by atoms with Crippen LogP contribution in [-0.4, -0.2) is 22.9 Å². The first-order valence-electron chi connectivity index (χ1n) is 13.1. The average molecular weight is 399 g/mol. The van der Waals surface area contributed by atoms with E-state index in [1.54, 1.807) is 0 Å². The summed E-state index contributed by atoms with van der Waals surface area (Å²) in [5.41, 5.74) is 0. The van der Waals surface area contributed by atoms with Gasteiger partial charge in [-0.3, -0.25) is 0 Å². The lowest BCUT2D eigenvalue weighted by Gasteiger charge is -2.10. The maximum absolute atomic E-state index is 10.1. The van der Waals surface area contributed by atoms with E-state index < -0.39 is 0 Å². The van der Waals surface area contributed by atoms with Gasteiger partial charge < -0.3 is 10.2 Å². The van der Waals surface area contributed by atoms with E-state index in [0.717, 1.165) is 25.7 Å². The largest absolute Gasteiger partial charge is 0.396 e. The van der Waals surface area contributed by atoms with Gasteiger partial charge in [0.1, 0.15) is 0 Å². The van der Waals surface area contributed by atoms with Crippen LogP contribution in [0.15, 0.2) is 0 Å². The molecular weight excluding hydrogens is 344 g/mol. The number of hydrogen-bond donors (Lipinski definition) is 2. The Morgan fingerprint density at radius 1 is 0.429 bits per heavy atom. The minimum atomic E-state index is -0.0632. The van der Waals surface area contributed by atoms with Crippen LogP contribution in [0.2, 0.25) is 0 Å². The molecule has 0 fully saturated rings. The van der Waals surface area contributed by atoms with Crippen LogP contribution in [0.4, 0.5) is 0 Å². The lowest BCUT2D eigenvalue weighted by Crippen LogP contribution is -2.05. The van der Waals surface area contributed by atoms with Crippen LogP contribution in [0.25, 0.3) is 0 Å². The van der Waals surface area contributed by atoms with Crippen molar-refractivity contribution in [3.8, 4) is 0 Å². The van der Waals surface area contributed by atoms with Crippen molar-refractivity contribution < 1.29 is 10.2 Å². The second-order valence-electron chi connectivity index (χ2n) is 9.03. The molecule has 28 heavy (non-hydrogen) atoms. The molecule has 0 aromatic carbocycles. The molecule has 0 spiro atoms. The highest BCUT2D eigenvalue weighted by Crippen LogP contribution is 2.16. The summed E-state index contributed by atoms with van der Waals surface area (Å²) in [6, 6.07) is 0. The zero-order valence-corrected chi connectivity index (χ0v) is 19.4. The zero-order chi connectivity index (χ0) is 20.5. The van der Waals surface area contributed by atoms with Gasteiger partial charge in [0, 0.05) is 6.61 Å². The number of rotatable bonds is 24. The Morgan fingerprint density at radius 2 is 0.714 bits per heavy atom.